The van der Waals surface area contributed by atoms with Gasteiger partial charge in [0, 0.05) is 22.6 Å². The van der Waals surface area contributed by atoms with Crippen molar-refractivity contribution in [2.24, 2.45) is 5.73 Å². The maximum atomic E-state index is 10.3. The summed E-state index contributed by atoms with van der Waals surface area (Å²) >= 11 is 3.49. The zero-order valence-electron chi connectivity index (χ0n) is 13.0. The van der Waals surface area contributed by atoms with Gasteiger partial charge in [-0.25, -0.2) is 0 Å². The number of hydrogen-bond donors (Lipinski definition) is 2. The lowest BCUT2D eigenvalue weighted by Crippen LogP contribution is -2.49. The van der Waals surface area contributed by atoms with E-state index in [1.165, 1.54) is 12.0 Å². The van der Waals surface area contributed by atoms with Crippen molar-refractivity contribution in [2.45, 2.75) is 63.3 Å². The summed E-state index contributed by atoms with van der Waals surface area (Å²) in [5.41, 5.74) is 7.63. The van der Waals surface area contributed by atoms with E-state index in [1.807, 2.05) is 0 Å². The Morgan fingerprint density at radius 1 is 1.29 bits per heavy atom. The summed E-state index contributed by atoms with van der Waals surface area (Å²) in [6.45, 7) is 2.13. The molecule has 4 atom stereocenters. The lowest BCUT2D eigenvalue weighted by atomic mass is 9.88. The second-order valence-electron chi connectivity index (χ2n) is 6.15. The van der Waals surface area contributed by atoms with Gasteiger partial charge >= 0.3 is 0 Å². The van der Waals surface area contributed by atoms with Crippen molar-refractivity contribution in [3.05, 3.63) is 34.3 Å². The molecular formula is C17H27BrN2O. The molecule has 1 aromatic carbocycles. The number of nitrogens with zero attached hydrogens (tertiary/aromatic N) is 1. The van der Waals surface area contributed by atoms with Gasteiger partial charge in [0.05, 0.1) is 6.10 Å². The van der Waals surface area contributed by atoms with Crippen LogP contribution < -0.4 is 5.73 Å². The van der Waals surface area contributed by atoms with Crippen LogP contribution in [0.25, 0.3) is 0 Å². The van der Waals surface area contributed by atoms with E-state index in [9.17, 15) is 5.11 Å². The fourth-order valence-electron chi connectivity index (χ4n) is 3.44. The Bertz CT molecular complexity index is 437. The average molecular weight is 355 g/mol. The van der Waals surface area contributed by atoms with Gasteiger partial charge in [-0.15, -0.1) is 0 Å². The maximum absolute atomic E-state index is 10.3. The normalized spacial score (nSPS) is 25.8. The molecule has 0 saturated heterocycles. The van der Waals surface area contributed by atoms with Crippen molar-refractivity contribution in [1.82, 2.24) is 4.90 Å². The Labute approximate surface area is 136 Å². The number of halogens is 1. The Morgan fingerprint density at radius 3 is 2.48 bits per heavy atom. The summed E-state index contributed by atoms with van der Waals surface area (Å²) in [7, 11) is 2.11. The van der Waals surface area contributed by atoms with E-state index in [2.05, 4.69) is 59.1 Å². The lowest BCUT2D eigenvalue weighted by molar-refractivity contribution is 0.00644. The van der Waals surface area contributed by atoms with Crippen molar-refractivity contribution in [3.63, 3.8) is 0 Å². The highest BCUT2D eigenvalue weighted by Gasteiger charge is 2.33. The van der Waals surface area contributed by atoms with Crippen LogP contribution in [-0.4, -0.2) is 35.2 Å². The van der Waals surface area contributed by atoms with Crippen LogP contribution in [0.15, 0.2) is 28.7 Å². The highest BCUT2D eigenvalue weighted by molar-refractivity contribution is 9.10. The van der Waals surface area contributed by atoms with Gasteiger partial charge in [-0.05, 0) is 44.0 Å². The van der Waals surface area contributed by atoms with E-state index in [1.54, 1.807) is 0 Å². The van der Waals surface area contributed by atoms with Crippen LogP contribution in [0.3, 0.4) is 0 Å². The molecule has 1 aromatic rings. The smallest absolute Gasteiger partial charge is 0.0695 e. The second-order valence-corrected chi connectivity index (χ2v) is 7.07. The highest BCUT2D eigenvalue weighted by atomic mass is 79.9. The Hall–Kier alpha value is -0.420. The zero-order chi connectivity index (χ0) is 15.4. The number of benzene rings is 1. The van der Waals surface area contributed by atoms with Crippen molar-refractivity contribution < 1.29 is 5.11 Å². The molecule has 21 heavy (non-hydrogen) atoms. The molecule has 0 amide bonds. The first-order valence-electron chi connectivity index (χ1n) is 7.95. The van der Waals surface area contributed by atoms with Gasteiger partial charge in [0.2, 0.25) is 0 Å². The van der Waals surface area contributed by atoms with Gasteiger partial charge in [-0.2, -0.15) is 0 Å². The summed E-state index contributed by atoms with van der Waals surface area (Å²) in [6.07, 6.45) is 4.98. The molecule has 0 spiro atoms. The first-order chi connectivity index (χ1) is 10.0. The molecule has 1 aliphatic carbocycles. The number of aliphatic hydroxyl groups excluding tert-OH is 1. The molecule has 3 nitrogen and oxygen atoms in total. The van der Waals surface area contributed by atoms with Crippen molar-refractivity contribution in [2.75, 3.05) is 7.05 Å². The predicted molar refractivity (Wildman–Crippen MR) is 91.2 cm³/mol. The molecule has 118 valence electrons. The third-order valence-electron chi connectivity index (χ3n) is 4.74. The number of rotatable bonds is 5. The topological polar surface area (TPSA) is 49.5 Å². The van der Waals surface area contributed by atoms with E-state index < -0.39 is 0 Å². The van der Waals surface area contributed by atoms with Crippen molar-refractivity contribution in [3.8, 4) is 0 Å². The van der Waals surface area contributed by atoms with E-state index in [-0.39, 0.29) is 24.2 Å². The summed E-state index contributed by atoms with van der Waals surface area (Å²) < 4.78 is 1.08. The first-order valence-corrected chi connectivity index (χ1v) is 8.75. The Balaban J connectivity index is 2.24. The maximum Gasteiger partial charge on any atom is 0.0695 e. The minimum absolute atomic E-state index is 0.0744. The van der Waals surface area contributed by atoms with Gasteiger partial charge in [0.15, 0.2) is 0 Å². The lowest BCUT2D eigenvalue weighted by Gasteiger charge is -2.42. The fraction of sp³-hybridized carbons (Fsp3) is 0.647. The first kappa shape index (κ1) is 16.9. The third-order valence-corrected chi connectivity index (χ3v) is 5.27. The molecule has 3 N–H and O–H groups in total. The Kier molecular flexibility index (Phi) is 6.23. The van der Waals surface area contributed by atoms with Gasteiger partial charge in [-0.3, -0.25) is 4.90 Å². The summed E-state index contributed by atoms with van der Waals surface area (Å²) in [6, 6.07) is 8.84. The van der Waals surface area contributed by atoms with E-state index >= 15 is 0 Å². The Morgan fingerprint density at radius 2 is 1.90 bits per heavy atom. The molecule has 2 rings (SSSR count). The molecule has 0 bridgehead atoms. The molecule has 0 radical (unpaired) electrons. The largest absolute Gasteiger partial charge is 0.391 e. The molecule has 0 aromatic heterocycles. The van der Waals surface area contributed by atoms with Crippen LogP contribution in [0, 0.1) is 0 Å². The quantitative estimate of drug-likeness (QED) is 0.850. The van der Waals surface area contributed by atoms with Crippen molar-refractivity contribution >= 4 is 15.9 Å². The second kappa shape index (κ2) is 7.73. The summed E-state index contributed by atoms with van der Waals surface area (Å²) in [5, 5.41) is 10.3. The zero-order valence-corrected chi connectivity index (χ0v) is 14.6. The van der Waals surface area contributed by atoms with Gasteiger partial charge < -0.3 is 10.8 Å². The molecule has 0 aliphatic heterocycles. The van der Waals surface area contributed by atoms with Crippen LogP contribution in [-0.2, 0) is 0 Å². The van der Waals surface area contributed by atoms with E-state index in [0.29, 0.717) is 0 Å². The molecular weight excluding hydrogens is 328 g/mol. The number of nitrogens with two attached hydrogens (primary N) is 1. The van der Waals surface area contributed by atoms with Crippen LogP contribution >= 0.6 is 15.9 Å². The van der Waals surface area contributed by atoms with Crippen LogP contribution in [0.2, 0.25) is 0 Å². The van der Waals surface area contributed by atoms with Crippen LogP contribution in [0.1, 0.15) is 50.6 Å². The summed E-state index contributed by atoms with van der Waals surface area (Å²) in [5.74, 6) is 0. The molecule has 1 saturated carbocycles. The summed E-state index contributed by atoms with van der Waals surface area (Å²) in [4.78, 5) is 2.31. The molecule has 4 heteroatoms. The van der Waals surface area contributed by atoms with Gasteiger partial charge in [0.25, 0.3) is 0 Å². The average Bonchev–Trinajstić information content (AvgIpc) is 2.49. The SMILES string of the molecule is CCC(N)C(c1ccc(Br)cc1)N(C)C1CCCCC1O. The molecule has 0 heterocycles. The number of hydrogen-bond acceptors (Lipinski definition) is 3. The minimum atomic E-state index is -0.231. The van der Waals surface area contributed by atoms with Gasteiger partial charge in [0.1, 0.15) is 0 Å². The third kappa shape index (κ3) is 4.07. The standard InChI is InChI=1S/C17H27BrN2O/c1-3-14(19)17(12-8-10-13(18)11-9-12)20(2)15-6-4-5-7-16(15)21/h8-11,14-17,21H,3-7,19H2,1-2H3. The predicted octanol–water partition coefficient (Wildman–Crippen LogP) is 3.46. The fourth-order valence-corrected chi connectivity index (χ4v) is 3.70. The number of aliphatic hydroxyl groups is 1. The molecule has 1 fully saturated rings. The highest BCUT2D eigenvalue weighted by Crippen LogP contribution is 2.32. The molecule has 4 unspecified atom stereocenters. The van der Waals surface area contributed by atoms with Crippen LogP contribution in [0.4, 0.5) is 0 Å². The monoisotopic (exact) mass is 354 g/mol. The van der Waals surface area contributed by atoms with Gasteiger partial charge in [-0.1, -0.05) is 47.8 Å². The van der Waals surface area contributed by atoms with E-state index in [0.717, 1.165) is 30.2 Å². The van der Waals surface area contributed by atoms with Crippen LogP contribution in [0.5, 0.6) is 0 Å². The molecule has 1 aliphatic rings. The number of likely N-dealkylation sites (N-methyl/N-ethyl adjacent to an activating group) is 1. The minimum Gasteiger partial charge on any atom is -0.391 e. The van der Waals surface area contributed by atoms with E-state index in [4.69, 9.17) is 5.73 Å². The van der Waals surface area contributed by atoms with Crippen molar-refractivity contribution in [1.29, 1.82) is 0 Å².